The third-order valence-corrected chi connectivity index (χ3v) is 5.10. The van der Waals surface area contributed by atoms with Crippen molar-refractivity contribution in [3.63, 3.8) is 0 Å². The first kappa shape index (κ1) is 20.1. The predicted molar refractivity (Wildman–Crippen MR) is 106 cm³/mol. The minimum Gasteiger partial charge on any atom is -0.379 e. The van der Waals surface area contributed by atoms with Gasteiger partial charge in [-0.15, -0.1) is 0 Å². The van der Waals surface area contributed by atoms with Crippen molar-refractivity contribution >= 4 is 0 Å². The van der Waals surface area contributed by atoms with Crippen LogP contribution >= 0.6 is 0 Å². The molecule has 0 radical (unpaired) electrons. The van der Waals surface area contributed by atoms with E-state index < -0.39 is 0 Å². The predicted octanol–water partition coefficient (Wildman–Crippen LogP) is 4.11. The quantitative estimate of drug-likeness (QED) is 0.580. The smallest absolute Gasteiger partial charge is 0.132 e. The summed E-state index contributed by atoms with van der Waals surface area (Å²) in [6.45, 7) is 11.1. The van der Waals surface area contributed by atoms with E-state index >= 15 is 0 Å². The lowest BCUT2D eigenvalue weighted by Crippen LogP contribution is -2.12. The van der Waals surface area contributed by atoms with E-state index in [0.29, 0.717) is 25.7 Å². The molecule has 1 saturated carbocycles. The molecular formula is C21H34N4O2. The van der Waals surface area contributed by atoms with Gasteiger partial charge in [-0.1, -0.05) is 27.7 Å². The fourth-order valence-corrected chi connectivity index (χ4v) is 2.95. The molecule has 2 aromatic heterocycles. The highest BCUT2D eigenvalue weighted by Gasteiger charge is 2.23. The standard InChI is InChI=1S/C21H34N4O2/c1-15(17-12-22-19(24-17)11-16-5-6-16)7-8-26-9-10-27-14-20-23-13-18(25-20)21(2,3)4/h12-13,15-16H,5-11,14H2,1-4H3,(H,22,24)(H,23,25). The van der Waals surface area contributed by atoms with E-state index in [-0.39, 0.29) is 5.41 Å². The Hall–Kier alpha value is -1.66. The molecule has 2 heterocycles. The molecule has 1 atom stereocenters. The van der Waals surface area contributed by atoms with Crippen LogP contribution in [-0.2, 0) is 27.9 Å². The zero-order chi connectivity index (χ0) is 19.3. The maximum absolute atomic E-state index is 5.71. The normalized spacial score (nSPS) is 16.0. The average molecular weight is 375 g/mol. The summed E-state index contributed by atoms with van der Waals surface area (Å²) in [5.74, 6) is 3.31. The van der Waals surface area contributed by atoms with Gasteiger partial charge >= 0.3 is 0 Å². The summed E-state index contributed by atoms with van der Waals surface area (Å²) in [7, 11) is 0. The molecule has 0 saturated heterocycles. The molecule has 0 amide bonds. The second kappa shape index (κ2) is 9.02. The monoisotopic (exact) mass is 374 g/mol. The second-order valence-electron chi connectivity index (χ2n) is 8.78. The SMILES string of the molecule is CC(CCOCCOCc1ncc(C(C)(C)C)[nH]1)c1cnc(CC2CC2)[nH]1. The van der Waals surface area contributed by atoms with Gasteiger partial charge in [-0.25, -0.2) is 9.97 Å². The van der Waals surface area contributed by atoms with E-state index in [1.807, 2.05) is 12.4 Å². The van der Waals surface area contributed by atoms with Crippen LogP contribution in [0.5, 0.6) is 0 Å². The topological polar surface area (TPSA) is 75.8 Å². The zero-order valence-corrected chi connectivity index (χ0v) is 17.2. The van der Waals surface area contributed by atoms with Gasteiger partial charge in [0.05, 0.1) is 13.2 Å². The lowest BCUT2D eigenvalue weighted by Gasteiger charge is -2.15. The van der Waals surface area contributed by atoms with Crippen molar-refractivity contribution in [2.45, 2.75) is 71.3 Å². The third-order valence-electron chi connectivity index (χ3n) is 5.10. The number of ether oxygens (including phenoxy) is 2. The lowest BCUT2D eigenvalue weighted by atomic mass is 9.93. The van der Waals surface area contributed by atoms with Crippen molar-refractivity contribution in [2.75, 3.05) is 19.8 Å². The van der Waals surface area contributed by atoms with Crippen molar-refractivity contribution in [3.05, 3.63) is 35.4 Å². The molecular weight excluding hydrogens is 340 g/mol. The molecule has 0 aromatic carbocycles. The van der Waals surface area contributed by atoms with Gasteiger partial charge in [-0.05, 0) is 31.1 Å². The molecule has 1 fully saturated rings. The number of imidazole rings is 2. The average Bonchev–Trinajstić information content (AvgIpc) is 3.09. The minimum absolute atomic E-state index is 0.0817. The van der Waals surface area contributed by atoms with E-state index in [1.54, 1.807) is 0 Å². The van der Waals surface area contributed by atoms with Crippen molar-refractivity contribution in [1.82, 2.24) is 19.9 Å². The van der Waals surface area contributed by atoms with Gasteiger partial charge < -0.3 is 19.4 Å². The first-order valence-electron chi connectivity index (χ1n) is 10.2. The minimum atomic E-state index is 0.0817. The van der Waals surface area contributed by atoms with Crippen molar-refractivity contribution < 1.29 is 9.47 Å². The van der Waals surface area contributed by atoms with Crippen LogP contribution < -0.4 is 0 Å². The van der Waals surface area contributed by atoms with Crippen LogP contribution in [0.4, 0.5) is 0 Å². The number of aromatic amines is 2. The molecule has 1 aliphatic rings. The number of nitrogens with zero attached hydrogens (tertiary/aromatic N) is 2. The number of hydrogen-bond acceptors (Lipinski definition) is 4. The molecule has 27 heavy (non-hydrogen) atoms. The summed E-state index contributed by atoms with van der Waals surface area (Å²) >= 11 is 0. The molecule has 1 unspecified atom stereocenters. The second-order valence-corrected chi connectivity index (χ2v) is 8.78. The number of rotatable bonds is 11. The molecule has 6 nitrogen and oxygen atoms in total. The number of H-pyrrole nitrogens is 2. The van der Waals surface area contributed by atoms with Crippen LogP contribution in [0, 0.1) is 5.92 Å². The van der Waals surface area contributed by atoms with E-state index in [1.165, 1.54) is 18.5 Å². The van der Waals surface area contributed by atoms with E-state index in [2.05, 4.69) is 47.6 Å². The van der Waals surface area contributed by atoms with Crippen LogP contribution in [0.15, 0.2) is 12.4 Å². The Morgan fingerprint density at radius 2 is 1.78 bits per heavy atom. The molecule has 6 heteroatoms. The highest BCUT2D eigenvalue weighted by Crippen LogP contribution is 2.32. The summed E-state index contributed by atoms with van der Waals surface area (Å²) in [6.07, 6.45) is 8.69. The van der Waals surface area contributed by atoms with Crippen LogP contribution in [0.3, 0.4) is 0 Å². The zero-order valence-electron chi connectivity index (χ0n) is 17.2. The third kappa shape index (κ3) is 6.47. The van der Waals surface area contributed by atoms with Crippen LogP contribution in [0.2, 0.25) is 0 Å². The summed E-state index contributed by atoms with van der Waals surface area (Å²) in [5, 5.41) is 0. The fourth-order valence-electron chi connectivity index (χ4n) is 2.95. The van der Waals surface area contributed by atoms with Gasteiger partial charge in [-0.3, -0.25) is 0 Å². The van der Waals surface area contributed by atoms with Gasteiger partial charge in [0.2, 0.25) is 0 Å². The van der Waals surface area contributed by atoms with E-state index in [4.69, 9.17) is 9.47 Å². The lowest BCUT2D eigenvalue weighted by molar-refractivity contribution is 0.0365. The Bertz CT molecular complexity index is 697. The molecule has 1 aliphatic carbocycles. The van der Waals surface area contributed by atoms with Crippen LogP contribution in [0.1, 0.15) is 75.9 Å². The molecule has 0 spiro atoms. The molecule has 3 rings (SSSR count). The molecule has 2 N–H and O–H groups in total. The Balaban J connectivity index is 1.25. The summed E-state index contributed by atoms with van der Waals surface area (Å²) in [5.41, 5.74) is 2.43. The first-order chi connectivity index (χ1) is 12.9. The van der Waals surface area contributed by atoms with Crippen molar-refractivity contribution in [1.29, 1.82) is 0 Å². The van der Waals surface area contributed by atoms with E-state index in [9.17, 15) is 0 Å². The molecule has 2 aromatic rings. The van der Waals surface area contributed by atoms with Gasteiger partial charge in [0.15, 0.2) is 0 Å². The first-order valence-corrected chi connectivity index (χ1v) is 10.2. The van der Waals surface area contributed by atoms with Crippen molar-refractivity contribution in [3.8, 4) is 0 Å². The van der Waals surface area contributed by atoms with Crippen LogP contribution in [-0.4, -0.2) is 39.8 Å². The van der Waals surface area contributed by atoms with Gasteiger partial charge in [-0.2, -0.15) is 0 Å². The largest absolute Gasteiger partial charge is 0.379 e. The van der Waals surface area contributed by atoms with Gasteiger partial charge in [0.1, 0.15) is 18.3 Å². The number of nitrogens with one attached hydrogen (secondary N) is 2. The number of hydrogen-bond donors (Lipinski definition) is 2. The molecule has 0 aliphatic heterocycles. The fraction of sp³-hybridized carbons (Fsp3) is 0.714. The Kier molecular flexibility index (Phi) is 6.71. The van der Waals surface area contributed by atoms with Crippen molar-refractivity contribution in [2.24, 2.45) is 5.92 Å². The Morgan fingerprint density at radius 3 is 2.48 bits per heavy atom. The molecule has 0 bridgehead atoms. The van der Waals surface area contributed by atoms with Gasteiger partial charge in [0.25, 0.3) is 0 Å². The van der Waals surface area contributed by atoms with E-state index in [0.717, 1.165) is 42.7 Å². The summed E-state index contributed by atoms with van der Waals surface area (Å²) < 4.78 is 11.4. The summed E-state index contributed by atoms with van der Waals surface area (Å²) in [6, 6.07) is 0. The van der Waals surface area contributed by atoms with Gasteiger partial charge in [0, 0.05) is 42.2 Å². The Morgan fingerprint density at radius 1 is 1.04 bits per heavy atom. The highest BCUT2D eigenvalue weighted by atomic mass is 16.5. The maximum atomic E-state index is 5.71. The highest BCUT2D eigenvalue weighted by molar-refractivity contribution is 5.11. The Labute approximate surface area is 162 Å². The molecule has 150 valence electrons. The number of aromatic nitrogens is 4. The summed E-state index contributed by atoms with van der Waals surface area (Å²) in [4.78, 5) is 15.7. The van der Waals surface area contributed by atoms with Crippen LogP contribution in [0.25, 0.3) is 0 Å². The maximum Gasteiger partial charge on any atom is 0.132 e.